The average molecular weight is 173 g/mol. The Morgan fingerprint density at radius 1 is 1.50 bits per heavy atom. The van der Waals surface area contributed by atoms with Gasteiger partial charge in [0.15, 0.2) is 17.8 Å². The van der Waals surface area contributed by atoms with Crippen molar-refractivity contribution < 1.29 is 10.5 Å². The molecule has 0 heterocycles. The first-order chi connectivity index (χ1) is 5.45. The smallest absolute Gasteiger partial charge is 0.194 e. The van der Waals surface area contributed by atoms with Crippen LogP contribution in [0.5, 0.6) is 0 Å². The SMILES string of the molecule is CC(C)C(=O)C([NH3+])CN=C(N)N. The van der Waals surface area contributed by atoms with Gasteiger partial charge in [-0.25, -0.2) is 4.99 Å². The minimum Gasteiger partial charge on any atom is -0.370 e. The van der Waals surface area contributed by atoms with Crippen LogP contribution in [0.15, 0.2) is 4.99 Å². The number of carbonyl (C=O) groups is 1. The zero-order chi connectivity index (χ0) is 9.72. The molecule has 70 valence electrons. The maximum Gasteiger partial charge on any atom is 0.194 e. The van der Waals surface area contributed by atoms with Crippen LogP contribution in [-0.4, -0.2) is 24.3 Å². The highest BCUT2D eigenvalue weighted by Crippen LogP contribution is 1.96. The van der Waals surface area contributed by atoms with Crippen molar-refractivity contribution >= 4 is 11.7 Å². The summed E-state index contributed by atoms with van der Waals surface area (Å²) in [6.45, 7) is 3.94. The van der Waals surface area contributed by atoms with Crippen molar-refractivity contribution in [3.8, 4) is 0 Å². The highest BCUT2D eigenvalue weighted by molar-refractivity contribution is 5.85. The number of nitrogens with two attached hydrogens (primary N) is 2. The van der Waals surface area contributed by atoms with Crippen LogP contribution in [0.2, 0.25) is 0 Å². The summed E-state index contributed by atoms with van der Waals surface area (Å²) in [6.07, 6.45) is 0. The second-order valence-electron chi connectivity index (χ2n) is 3.02. The summed E-state index contributed by atoms with van der Waals surface area (Å²) in [7, 11) is 0. The van der Waals surface area contributed by atoms with E-state index in [1.165, 1.54) is 0 Å². The number of hydrogen-bond acceptors (Lipinski definition) is 2. The molecule has 1 atom stereocenters. The van der Waals surface area contributed by atoms with Crippen LogP contribution >= 0.6 is 0 Å². The van der Waals surface area contributed by atoms with Gasteiger partial charge in [-0.3, -0.25) is 4.79 Å². The fraction of sp³-hybridized carbons (Fsp3) is 0.714. The zero-order valence-electron chi connectivity index (χ0n) is 7.58. The minimum atomic E-state index is -0.341. The average Bonchev–Trinajstić information content (AvgIpc) is 1.98. The number of Topliss-reactive ketones (excluding diaryl/α,β-unsaturated/α-hetero) is 1. The molecule has 0 amide bonds. The number of nitrogens with zero attached hydrogens (tertiary/aromatic N) is 1. The van der Waals surface area contributed by atoms with Crippen molar-refractivity contribution in [2.24, 2.45) is 22.4 Å². The maximum absolute atomic E-state index is 11.2. The van der Waals surface area contributed by atoms with E-state index in [9.17, 15) is 4.79 Å². The second kappa shape index (κ2) is 4.71. The van der Waals surface area contributed by atoms with Gasteiger partial charge in [-0.1, -0.05) is 13.8 Å². The van der Waals surface area contributed by atoms with E-state index in [2.05, 4.69) is 10.7 Å². The van der Waals surface area contributed by atoms with E-state index in [1.807, 2.05) is 13.8 Å². The van der Waals surface area contributed by atoms with E-state index in [0.29, 0.717) is 0 Å². The molecule has 0 aromatic rings. The molecule has 0 saturated heterocycles. The molecule has 0 rings (SSSR count). The molecular weight excluding hydrogens is 156 g/mol. The monoisotopic (exact) mass is 173 g/mol. The van der Waals surface area contributed by atoms with Crippen LogP contribution in [0, 0.1) is 5.92 Å². The quantitative estimate of drug-likeness (QED) is 0.341. The molecular formula is C7H17N4O+. The van der Waals surface area contributed by atoms with Crippen molar-refractivity contribution in [3.05, 3.63) is 0 Å². The molecule has 0 aromatic heterocycles. The van der Waals surface area contributed by atoms with Crippen molar-refractivity contribution in [2.75, 3.05) is 6.54 Å². The Bertz CT molecular complexity index is 184. The number of hydrogen-bond donors (Lipinski definition) is 3. The largest absolute Gasteiger partial charge is 0.370 e. The summed E-state index contributed by atoms with van der Waals surface area (Å²) in [5.41, 5.74) is 13.9. The molecule has 0 fully saturated rings. The summed E-state index contributed by atoms with van der Waals surface area (Å²) in [4.78, 5) is 15.0. The van der Waals surface area contributed by atoms with Gasteiger partial charge in [-0.05, 0) is 0 Å². The molecule has 5 nitrogen and oxygen atoms in total. The molecule has 0 bridgehead atoms. The molecule has 0 aliphatic carbocycles. The van der Waals surface area contributed by atoms with Gasteiger partial charge in [0, 0.05) is 5.92 Å². The Morgan fingerprint density at radius 2 is 2.00 bits per heavy atom. The van der Waals surface area contributed by atoms with E-state index in [-0.39, 0.29) is 30.2 Å². The van der Waals surface area contributed by atoms with Gasteiger partial charge in [-0.2, -0.15) is 0 Å². The maximum atomic E-state index is 11.2. The van der Waals surface area contributed by atoms with Crippen molar-refractivity contribution in [1.82, 2.24) is 0 Å². The van der Waals surface area contributed by atoms with E-state index in [4.69, 9.17) is 11.5 Å². The van der Waals surface area contributed by atoms with Crippen molar-refractivity contribution in [3.63, 3.8) is 0 Å². The van der Waals surface area contributed by atoms with Crippen LogP contribution in [0.4, 0.5) is 0 Å². The summed E-state index contributed by atoms with van der Waals surface area (Å²) in [5, 5.41) is 0. The lowest BCUT2D eigenvalue weighted by atomic mass is 10.0. The van der Waals surface area contributed by atoms with Gasteiger partial charge >= 0.3 is 0 Å². The van der Waals surface area contributed by atoms with Crippen molar-refractivity contribution in [1.29, 1.82) is 0 Å². The lowest BCUT2D eigenvalue weighted by Crippen LogP contribution is -2.67. The number of carbonyl (C=O) groups excluding carboxylic acids is 1. The number of ketones is 1. The van der Waals surface area contributed by atoms with Gasteiger partial charge in [0.05, 0.1) is 0 Å². The molecule has 0 aromatic carbocycles. The standard InChI is InChI=1S/C7H16N4O/c1-4(2)6(12)5(8)3-11-7(9)10/h4-5H,3,8H2,1-2H3,(H4,9,10,11)/p+1. The predicted molar refractivity (Wildman–Crippen MR) is 47.2 cm³/mol. The normalized spacial score (nSPS) is 12.7. The summed E-state index contributed by atoms with van der Waals surface area (Å²) in [5.74, 6) is 0.0712. The second-order valence-corrected chi connectivity index (χ2v) is 3.02. The molecule has 0 spiro atoms. The first-order valence-corrected chi connectivity index (χ1v) is 3.87. The molecule has 7 N–H and O–H groups in total. The highest BCUT2D eigenvalue weighted by atomic mass is 16.1. The third-order valence-electron chi connectivity index (χ3n) is 1.47. The third-order valence-corrected chi connectivity index (χ3v) is 1.47. The fourth-order valence-electron chi connectivity index (χ4n) is 0.777. The van der Waals surface area contributed by atoms with Crippen LogP contribution in [-0.2, 0) is 4.79 Å². The highest BCUT2D eigenvalue weighted by Gasteiger charge is 2.19. The van der Waals surface area contributed by atoms with Gasteiger partial charge < -0.3 is 17.2 Å². The Balaban J connectivity index is 3.96. The fourth-order valence-corrected chi connectivity index (χ4v) is 0.777. The Morgan fingerprint density at radius 3 is 2.33 bits per heavy atom. The topological polar surface area (TPSA) is 109 Å². The molecule has 5 heteroatoms. The van der Waals surface area contributed by atoms with E-state index < -0.39 is 0 Å². The van der Waals surface area contributed by atoms with E-state index >= 15 is 0 Å². The molecule has 0 aliphatic rings. The Hall–Kier alpha value is -1.10. The van der Waals surface area contributed by atoms with Crippen molar-refractivity contribution in [2.45, 2.75) is 19.9 Å². The summed E-state index contributed by atoms with van der Waals surface area (Å²) in [6, 6.07) is -0.341. The van der Waals surface area contributed by atoms with Gasteiger partial charge in [0.2, 0.25) is 0 Å². The molecule has 1 unspecified atom stereocenters. The third kappa shape index (κ3) is 3.92. The van der Waals surface area contributed by atoms with Crippen LogP contribution < -0.4 is 17.2 Å². The predicted octanol–water partition coefficient (Wildman–Crippen LogP) is -1.90. The minimum absolute atomic E-state index is 0.000191. The first kappa shape index (κ1) is 10.9. The van der Waals surface area contributed by atoms with Crippen LogP contribution in [0.3, 0.4) is 0 Å². The summed E-state index contributed by atoms with van der Waals surface area (Å²) >= 11 is 0. The van der Waals surface area contributed by atoms with Crippen LogP contribution in [0.25, 0.3) is 0 Å². The molecule has 12 heavy (non-hydrogen) atoms. The number of rotatable bonds is 4. The molecule has 0 aliphatic heterocycles. The zero-order valence-corrected chi connectivity index (χ0v) is 7.58. The number of aliphatic imine (C=N–C) groups is 1. The lowest BCUT2D eigenvalue weighted by Gasteiger charge is -2.06. The number of guanidine groups is 1. The number of quaternary nitrogens is 1. The summed E-state index contributed by atoms with van der Waals surface area (Å²) < 4.78 is 0. The van der Waals surface area contributed by atoms with E-state index in [0.717, 1.165) is 0 Å². The first-order valence-electron chi connectivity index (χ1n) is 3.87. The lowest BCUT2D eigenvalue weighted by molar-refractivity contribution is -0.400. The van der Waals surface area contributed by atoms with E-state index in [1.54, 1.807) is 0 Å². The molecule has 0 saturated carbocycles. The van der Waals surface area contributed by atoms with Crippen LogP contribution in [0.1, 0.15) is 13.8 Å². The Labute approximate surface area is 72.0 Å². The van der Waals surface area contributed by atoms with Gasteiger partial charge in [0.25, 0.3) is 0 Å². The molecule has 0 radical (unpaired) electrons. The Kier molecular flexibility index (Phi) is 4.28. The van der Waals surface area contributed by atoms with Gasteiger partial charge in [-0.15, -0.1) is 0 Å². The van der Waals surface area contributed by atoms with Gasteiger partial charge in [0.1, 0.15) is 6.54 Å².